The van der Waals surface area contributed by atoms with Crippen LogP contribution in [0.2, 0.25) is 0 Å². The predicted octanol–water partition coefficient (Wildman–Crippen LogP) is 0.516. The number of phenols is 2. The third-order valence-corrected chi connectivity index (χ3v) is 4.34. The lowest BCUT2D eigenvalue weighted by Gasteiger charge is -2.21. The fourth-order valence-corrected chi connectivity index (χ4v) is 3.11. The minimum Gasteiger partial charge on any atom is -0.504 e. The van der Waals surface area contributed by atoms with Gasteiger partial charge in [0.05, 0.1) is 5.69 Å². The van der Waals surface area contributed by atoms with E-state index < -0.39 is 23.4 Å². The van der Waals surface area contributed by atoms with Crippen LogP contribution in [0, 0.1) is 0 Å². The minimum absolute atomic E-state index is 0.214. The van der Waals surface area contributed by atoms with Gasteiger partial charge in [-0.2, -0.15) is 0 Å². The van der Waals surface area contributed by atoms with E-state index in [1.807, 2.05) is 0 Å². The Labute approximate surface area is 146 Å². The number of hydrogen-bond donors (Lipinski definition) is 4. The van der Waals surface area contributed by atoms with Crippen LogP contribution in [0.5, 0.6) is 17.2 Å². The second-order valence-corrected chi connectivity index (χ2v) is 5.83. The number of carbonyl (C=O) groups excluding carboxylic acids is 3. The number of ether oxygens (including phenoxy) is 1. The molecule has 132 valence electrons. The topological polar surface area (TPSA) is 128 Å². The third-order valence-electron chi connectivity index (χ3n) is 4.34. The maximum Gasteiger partial charge on any atom is 0.323 e. The van der Waals surface area contributed by atoms with E-state index in [4.69, 9.17) is 4.74 Å². The molecule has 9 nitrogen and oxygen atoms in total. The summed E-state index contributed by atoms with van der Waals surface area (Å²) >= 11 is 0. The smallest absolute Gasteiger partial charge is 0.323 e. The number of phenolic OH excluding ortho intramolecular Hbond substituents is 2. The highest BCUT2D eigenvalue weighted by molar-refractivity contribution is 6.27. The summed E-state index contributed by atoms with van der Waals surface area (Å²) in [4.78, 5) is 38.2. The first-order valence-electron chi connectivity index (χ1n) is 7.63. The number of nitrogens with zero attached hydrogens (tertiary/aromatic N) is 1. The van der Waals surface area contributed by atoms with Crippen LogP contribution in [0.4, 0.5) is 10.5 Å². The first kappa shape index (κ1) is 15.8. The quantitative estimate of drug-likeness (QED) is 0.361. The number of urea groups is 1. The fourth-order valence-electron chi connectivity index (χ4n) is 3.11. The van der Waals surface area contributed by atoms with Crippen LogP contribution in [0.25, 0.3) is 0 Å². The number of amides is 4. The Morgan fingerprint density at radius 2 is 1.81 bits per heavy atom. The van der Waals surface area contributed by atoms with E-state index in [1.54, 1.807) is 24.3 Å². The van der Waals surface area contributed by atoms with Gasteiger partial charge in [-0.05, 0) is 18.2 Å². The fraction of sp³-hybridized carbons (Fsp3) is 0.118. The highest BCUT2D eigenvalue weighted by atomic mass is 16.5. The van der Waals surface area contributed by atoms with Crippen LogP contribution < -0.4 is 20.3 Å². The van der Waals surface area contributed by atoms with Crippen molar-refractivity contribution in [2.45, 2.75) is 5.54 Å². The summed E-state index contributed by atoms with van der Waals surface area (Å²) < 4.78 is 5.51. The molecule has 0 radical (unpaired) electrons. The Morgan fingerprint density at radius 1 is 1.04 bits per heavy atom. The van der Waals surface area contributed by atoms with Gasteiger partial charge in [0.1, 0.15) is 5.75 Å². The largest absolute Gasteiger partial charge is 0.504 e. The van der Waals surface area contributed by atoms with Crippen molar-refractivity contribution in [2.24, 2.45) is 0 Å². The molecular weight excluding hydrogens is 342 g/mol. The molecule has 0 saturated carbocycles. The standard InChI is InChI=1S/C17H13N3O6/c21-12-6-5-9(7-13(12)22)26-8-20-11-4-2-1-3-10(11)17(15(20)24)14(23)18-16(25)19-17/h1-7,21-22H,8H2,(H2,18,19,23,25). The second-order valence-electron chi connectivity index (χ2n) is 5.83. The summed E-state index contributed by atoms with van der Waals surface area (Å²) in [5, 5.41) is 23.4. The van der Waals surface area contributed by atoms with Gasteiger partial charge in [-0.25, -0.2) is 4.79 Å². The molecule has 9 heteroatoms. The molecule has 4 N–H and O–H groups in total. The van der Waals surface area contributed by atoms with Gasteiger partial charge >= 0.3 is 6.03 Å². The molecule has 2 aromatic rings. The lowest BCUT2D eigenvalue weighted by molar-refractivity contribution is -0.134. The van der Waals surface area contributed by atoms with Crippen molar-refractivity contribution in [3.8, 4) is 17.2 Å². The summed E-state index contributed by atoms with van der Waals surface area (Å²) in [7, 11) is 0. The normalized spacial score (nSPS) is 20.9. The van der Waals surface area contributed by atoms with Crippen LogP contribution in [-0.4, -0.2) is 34.8 Å². The summed E-state index contributed by atoms with van der Waals surface area (Å²) in [6.07, 6.45) is 0. The van der Waals surface area contributed by atoms with Crippen molar-refractivity contribution in [1.82, 2.24) is 10.6 Å². The van der Waals surface area contributed by atoms with E-state index in [-0.39, 0.29) is 24.0 Å². The van der Waals surface area contributed by atoms with Gasteiger partial charge in [0.15, 0.2) is 18.2 Å². The molecule has 4 amide bonds. The van der Waals surface area contributed by atoms with Gasteiger partial charge < -0.3 is 20.3 Å². The molecular formula is C17H13N3O6. The molecule has 26 heavy (non-hydrogen) atoms. The summed E-state index contributed by atoms with van der Waals surface area (Å²) in [5.41, 5.74) is -1.03. The van der Waals surface area contributed by atoms with E-state index in [0.717, 1.165) is 0 Å². The van der Waals surface area contributed by atoms with Crippen molar-refractivity contribution >= 4 is 23.5 Å². The van der Waals surface area contributed by atoms with Gasteiger partial charge in [0, 0.05) is 11.6 Å². The number of para-hydroxylation sites is 1. The summed E-state index contributed by atoms with van der Waals surface area (Å²) in [6, 6.07) is 9.69. The van der Waals surface area contributed by atoms with Crippen molar-refractivity contribution in [3.63, 3.8) is 0 Å². The van der Waals surface area contributed by atoms with Crippen molar-refractivity contribution in [1.29, 1.82) is 0 Å². The van der Waals surface area contributed by atoms with E-state index >= 15 is 0 Å². The predicted molar refractivity (Wildman–Crippen MR) is 87.5 cm³/mol. The zero-order valence-electron chi connectivity index (χ0n) is 13.2. The Bertz CT molecular complexity index is 959. The van der Waals surface area contributed by atoms with Crippen molar-refractivity contribution in [3.05, 3.63) is 48.0 Å². The van der Waals surface area contributed by atoms with E-state index in [2.05, 4.69) is 10.6 Å². The zero-order valence-corrected chi connectivity index (χ0v) is 13.2. The average molecular weight is 355 g/mol. The molecule has 2 aliphatic rings. The van der Waals surface area contributed by atoms with Gasteiger partial charge in [-0.15, -0.1) is 0 Å². The van der Waals surface area contributed by atoms with E-state index in [1.165, 1.54) is 23.1 Å². The molecule has 2 aliphatic heterocycles. The average Bonchev–Trinajstić information content (AvgIpc) is 3.05. The van der Waals surface area contributed by atoms with Crippen LogP contribution in [-0.2, 0) is 15.1 Å². The lowest BCUT2D eigenvalue weighted by Crippen LogP contribution is -2.52. The van der Waals surface area contributed by atoms with Crippen molar-refractivity contribution < 1.29 is 29.3 Å². The number of imide groups is 1. The van der Waals surface area contributed by atoms with Crippen LogP contribution in [0.1, 0.15) is 5.56 Å². The van der Waals surface area contributed by atoms with Gasteiger partial charge in [0.2, 0.25) is 5.54 Å². The van der Waals surface area contributed by atoms with Gasteiger partial charge in [0.25, 0.3) is 11.8 Å². The van der Waals surface area contributed by atoms with Crippen molar-refractivity contribution in [2.75, 3.05) is 11.6 Å². The monoisotopic (exact) mass is 355 g/mol. The molecule has 1 spiro atoms. The van der Waals surface area contributed by atoms with Crippen LogP contribution >= 0.6 is 0 Å². The Hall–Kier alpha value is -3.75. The number of aromatic hydroxyl groups is 2. The molecule has 1 atom stereocenters. The SMILES string of the molecule is O=C1NC(=O)C2(N1)C(=O)N(COc1ccc(O)c(O)c1)c1ccccc12. The molecule has 2 heterocycles. The molecule has 2 aromatic carbocycles. The number of anilines is 1. The Morgan fingerprint density at radius 3 is 2.50 bits per heavy atom. The van der Waals surface area contributed by atoms with Gasteiger partial charge in [-0.1, -0.05) is 18.2 Å². The highest BCUT2D eigenvalue weighted by Gasteiger charge is 2.61. The number of nitrogens with one attached hydrogen (secondary N) is 2. The maximum atomic E-state index is 13.0. The molecule has 1 saturated heterocycles. The molecule has 0 bridgehead atoms. The molecule has 0 aromatic heterocycles. The maximum absolute atomic E-state index is 13.0. The summed E-state index contributed by atoms with van der Waals surface area (Å²) in [6.45, 7) is -0.259. The number of rotatable bonds is 3. The number of fused-ring (bicyclic) bond motifs is 2. The molecule has 1 unspecified atom stereocenters. The van der Waals surface area contributed by atoms with E-state index in [9.17, 15) is 24.6 Å². The third kappa shape index (κ3) is 2.07. The minimum atomic E-state index is -1.81. The first-order valence-corrected chi connectivity index (χ1v) is 7.63. The number of carbonyl (C=O) groups is 3. The Balaban J connectivity index is 1.67. The first-order chi connectivity index (χ1) is 12.4. The van der Waals surface area contributed by atoms with Gasteiger partial charge in [-0.3, -0.25) is 19.8 Å². The number of hydrogen-bond acceptors (Lipinski definition) is 6. The lowest BCUT2D eigenvalue weighted by atomic mass is 9.92. The Kier molecular flexibility index (Phi) is 3.26. The van der Waals surface area contributed by atoms with E-state index in [0.29, 0.717) is 11.3 Å². The molecule has 4 rings (SSSR count). The molecule has 0 aliphatic carbocycles. The summed E-state index contributed by atoms with van der Waals surface area (Å²) in [5.74, 6) is -1.85. The highest BCUT2D eigenvalue weighted by Crippen LogP contribution is 2.42. The second kappa shape index (κ2) is 5.38. The van der Waals surface area contributed by atoms with Crippen LogP contribution in [0.15, 0.2) is 42.5 Å². The number of benzene rings is 2. The molecule has 1 fully saturated rings. The van der Waals surface area contributed by atoms with Crippen LogP contribution in [0.3, 0.4) is 0 Å². The zero-order chi connectivity index (χ0) is 18.5.